The van der Waals surface area contributed by atoms with Crippen molar-refractivity contribution in [2.45, 2.75) is 37.3 Å². The summed E-state index contributed by atoms with van der Waals surface area (Å²) in [7, 11) is 2.78. The summed E-state index contributed by atoms with van der Waals surface area (Å²) in [5.74, 6) is 0.143. The van der Waals surface area contributed by atoms with E-state index in [0.29, 0.717) is 11.5 Å². The van der Waals surface area contributed by atoms with Gasteiger partial charge in [-0.15, -0.1) is 0 Å². The molecule has 1 aliphatic rings. The van der Waals surface area contributed by atoms with Gasteiger partial charge in [0.15, 0.2) is 17.8 Å². The van der Waals surface area contributed by atoms with E-state index in [-0.39, 0.29) is 18.8 Å². The summed E-state index contributed by atoms with van der Waals surface area (Å²) in [6, 6.07) is 14.1. The first-order chi connectivity index (χ1) is 14.9. The number of ether oxygens (including phenoxy) is 5. The van der Waals surface area contributed by atoms with E-state index in [1.807, 2.05) is 30.3 Å². The van der Waals surface area contributed by atoms with Crippen LogP contribution in [0.15, 0.2) is 48.5 Å². The molecule has 0 saturated carbocycles. The number of benzene rings is 2. The standard InChI is InChI=1S/C22H26O9/c1-27-15-9-8-14(10-16(15)29-11-13-6-4-3-5-7-13)21(26)30-12-17-18(23)19(24)20(25)22(28-2)31-17/h3-10,17-20,22-25H,11-12H2,1-2H3/t17-,18-,19+,20-,22-/m1/s1. The number of hydrogen-bond donors (Lipinski definition) is 3. The SMILES string of the molecule is COc1ccc(C(=O)OC[C@H]2O[C@@H](OC)[C@H](O)[C@@H](O)[C@@H]2O)cc1OCc1ccccc1. The quantitative estimate of drug-likeness (QED) is 0.520. The minimum Gasteiger partial charge on any atom is -0.493 e. The van der Waals surface area contributed by atoms with Crippen molar-refractivity contribution in [2.75, 3.05) is 20.8 Å². The number of aliphatic hydroxyl groups excluding tert-OH is 3. The number of carbonyl (C=O) groups is 1. The van der Waals surface area contributed by atoms with Crippen LogP contribution in [0.2, 0.25) is 0 Å². The summed E-state index contributed by atoms with van der Waals surface area (Å²) >= 11 is 0. The fourth-order valence-corrected chi connectivity index (χ4v) is 3.14. The normalized spacial score (nSPS) is 25.6. The Bertz CT molecular complexity index is 855. The largest absolute Gasteiger partial charge is 0.493 e. The molecule has 2 aromatic carbocycles. The number of hydrogen-bond acceptors (Lipinski definition) is 9. The van der Waals surface area contributed by atoms with Crippen LogP contribution in [-0.4, -0.2) is 72.8 Å². The van der Waals surface area contributed by atoms with Crippen LogP contribution < -0.4 is 9.47 Å². The Morgan fingerprint density at radius 2 is 1.71 bits per heavy atom. The summed E-state index contributed by atoms with van der Waals surface area (Å²) in [5.41, 5.74) is 1.16. The molecule has 9 nitrogen and oxygen atoms in total. The Hall–Kier alpha value is -2.69. The Labute approximate surface area is 179 Å². The summed E-state index contributed by atoms with van der Waals surface area (Å²) in [6.07, 6.45) is -6.59. The van der Waals surface area contributed by atoms with Crippen LogP contribution in [0.3, 0.4) is 0 Å². The predicted molar refractivity (Wildman–Crippen MR) is 108 cm³/mol. The molecule has 1 heterocycles. The molecule has 1 fully saturated rings. The van der Waals surface area contributed by atoms with Crippen molar-refractivity contribution in [1.82, 2.24) is 0 Å². The highest BCUT2D eigenvalue weighted by Gasteiger charge is 2.44. The molecule has 31 heavy (non-hydrogen) atoms. The summed E-state index contributed by atoms with van der Waals surface area (Å²) < 4.78 is 26.6. The molecule has 5 atom stereocenters. The molecule has 2 aromatic rings. The minimum atomic E-state index is -1.50. The molecule has 168 valence electrons. The van der Waals surface area contributed by atoms with Crippen LogP contribution in [0.5, 0.6) is 11.5 Å². The summed E-state index contributed by atoms with van der Waals surface area (Å²) in [4.78, 5) is 12.5. The van der Waals surface area contributed by atoms with Crippen LogP contribution >= 0.6 is 0 Å². The molecule has 1 saturated heterocycles. The average molecular weight is 434 g/mol. The van der Waals surface area contributed by atoms with E-state index in [2.05, 4.69) is 0 Å². The van der Waals surface area contributed by atoms with E-state index in [4.69, 9.17) is 23.7 Å². The molecular formula is C22H26O9. The number of carbonyl (C=O) groups excluding carboxylic acids is 1. The minimum absolute atomic E-state index is 0.207. The number of esters is 1. The third-order valence-corrected chi connectivity index (χ3v) is 4.92. The predicted octanol–water partition coefficient (Wildman–Crippen LogP) is 0.885. The van der Waals surface area contributed by atoms with Crippen molar-refractivity contribution in [3.8, 4) is 11.5 Å². The van der Waals surface area contributed by atoms with Gasteiger partial charge in [-0.2, -0.15) is 0 Å². The first-order valence-corrected chi connectivity index (χ1v) is 9.69. The van der Waals surface area contributed by atoms with Crippen molar-refractivity contribution in [3.63, 3.8) is 0 Å². The van der Waals surface area contributed by atoms with E-state index in [1.54, 1.807) is 6.07 Å². The zero-order valence-corrected chi connectivity index (χ0v) is 17.2. The lowest BCUT2D eigenvalue weighted by molar-refractivity contribution is -0.294. The fourth-order valence-electron chi connectivity index (χ4n) is 3.14. The molecular weight excluding hydrogens is 408 g/mol. The van der Waals surface area contributed by atoms with Crippen molar-refractivity contribution >= 4 is 5.97 Å². The maximum absolute atomic E-state index is 12.5. The maximum Gasteiger partial charge on any atom is 0.338 e. The van der Waals surface area contributed by atoms with E-state index >= 15 is 0 Å². The van der Waals surface area contributed by atoms with Gasteiger partial charge in [-0.1, -0.05) is 30.3 Å². The van der Waals surface area contributed by atoms with Gasteiger partial charge in [-0.05, 0) is 23.8 Å². The lowest BCUT2D eigenvalue weighted by atomic mass is 9.99. The third-order valence-electron chi connectivity index (χ3n) is 4.92. The molecule has 0 bridgehead atoms. The van der Waals surface area contributed by atoms with E-state index in [9.17, 15) is 20.1 Å². The molecule has 0 aliphatic carbocycles. The second-order valence-corrected chi connectivity index (χ2v) is 6.99. The van der Waals surface area contributed by atoms with Crippen LogP contribution in [0.4, 0.5) is 0 Å². The Morgan fingerprint density at radius 3 is 2.39 bits per heavy atom. The zero-order chi connectivity index (χ0) is 22.4. The molecule has 1 aliphatic heterocycles. The summed E-state index contributed by atoms with van der Waals surface area (Å²) in [6.45, 7) is -0.0632. The third kappa shape index (κ3) is 5.52. The smallest absolute Gasteiger partial charge is 0.338 e. The first-order valence-electron chi connectivity index (χ1n) is 9.69. The topological polar surface area (TPSA) is 124 Å². The molecule has 0 aromatic heterocycles. The van der Waals surface area contributed by atoms with Gasteiger partial charge in [-0.25, -0.2) is 4.79 Å². The molecule has 3 N–H and O–H groups in total. The van der Waals surface area contributed by atoms with Gasteiger partial charge in [0.1, 0.15) is 37.6 Å². The number of aliphatic hydroxyl groups is 3. The van der Waals surface area contributed by atoms with Crippen molar-refractivity contribution in [2.24, 2.45) is 0 Å². The number of methoxy groups -OCH3 is 2. The highest BCUT2D eigenvalue weighted by Crippen LogP contribution is 2.29. The molecule has 0 unspecified atom stereocenters. The maximum atomic E-state index is 12.5. The highest BCUT2D eigenvalue weighted by atomic mass is 16.7. The Kier molecular flexibility index (Phi) is 7.83. The lowest BCUT2D eigenvalue weighted by Crippen LogP contribution is -2.59. The van der Waals surface area contributed by atoms with Gasteiger partial charge >= 0.3 is 5.97 Å². The van der Waals surface area contributed by atoms with Crippen molar-refractivity contribution in [1.29, 1.82) is 0 Å². The van der Waals surface area contributed by atoms with Gasteiger partial charge in [0.05, 0.1) is 12.7 Å². The monoisotopic (exact) mass is 434 g/mol. The zero-order valence-electron chi connectivity index (χ0n) is 17.2. The van der Waals surface area contributed by atoms with Gasteiger partial charge < -0.3 is 39.0 Å². The molecule has 0 radical (unpaired) electrons. The number of rotatable bonds is 8. The van der Waals surface area contributed by atoms with Gasteiger partial charge in [0.25, 0.3) is 0 Å². The molecule has 9 heteroatoms. The molecule has 3 rings (SSSR count). The van der Waals surface area contributed by atoms with Gasteiger partial charge in [0, 0.05) is 7.11 Å². The lowest BCUT2D eigenvalue weighted by Gasteiger charge is -2.39. The van der Waals surface area contributed by atoms with Crippen LogP contribution in [0, 0.1) is 0 Å². The van der Waals surface area contributed by atoms with E-state index in [1.165, 1.54) is 26.4 Å². The van der Waals surface area contributed by atoms with Gasteiger partial charge in [0.2, 0.25) is 0 Å². The highest BCUT2D eigenvalue weighted by molar-refractivity contribution is 5.90. The van der Waals surface area contributed by atoms with Crippen LogP contribution in [-0.2, 0) is 20.8 Å². The average Bonchev–Trinajstić information content (AvgIpc) is 2.81. The van der Waals surface area contributed by atoms with E-state index in [0.717, 1.165) is 5.56 Å². The Morgan fingerprint density at radius 1 is 0.968 bits per heavy atom. The second kappa shape index (κ2) is 10.6. The van der Waals surface area contributed by atoms with Crippen molar-refractivity contribution in [3.05, 3.63) is 59.7 Å². The van der Waals surface area contributed by atoms with E-state index < -0.39 is 36.7 Å². The van der Waals surface area contributed by atoms with Crippen LogP contribution in [0.25, 0.3) is 0 Å². The molecule has 0 amide bonds. The first kappa shape index (κ1) is 23.0. The van der Waals surface area contributed by atoms with Gasteiger partial charge in [-0.3, -0.25) is 0 Å². The fraction of sp³-hybridized carbons (Fsp3) is 0.409. The Balaban J connectivity index is 1.64. The van der Waals surface area contributed by atoms with Crippen LogP contribution in [0.1, 0.15) is 15.9 Å². The summed E-state index contributed by atoms with van der Waals surface area (Å²) in [5, 5.41) is 29.8. The van der Waals surface area contributed by atoms with Crippen molar-refractivity contribution < 1.29 is 43.8 Å². The molecule has 0 spiro atoms. The second-order valence-electron chi connectivity index (χ2n) is 6.99.